The summed E-state index contributed by atoms with van der Waals surface area (Å²) >= 11 is 0. The molecular weight excluding hydrogens is 328 g/mol. The molecule has 2 unspecified atom stereocenters. The summed E-state index contributed by atoms with van der Waals surface area (Å²) in [4.78, 5) is 24.1. The minimum absolute atomic E-state index is 0.384. The smallest absolute Gasteiger partial charge is 0.330 e. The highest BCUT2D eigenvalue weighted by Gasteiger charge is 2.29. The maximum absolute atomic E-state index is 13.9. The fourth-order valence-corrected chi connectivity index (χ4v) is 2.68. The van der Waals surface area contributed by atoms with Crippen LogP contribution in [-0.4, -0.2) is 17.0 Å². The molecule has 0 aliphatic carbocycles. The van der Waals surface area contributed by atoms with Crippen LogP contribution >= 0.6 is 0 Å². The van der Waals surface area contributed by atoms with Gasteiger partial charge in [-0.1, -0.05) is 24.3 Å². The predicted octanol–water partition coefficient (Wildman–Crippen LogP) is 3.63. The van der Waals surface area contributed by atoms with Crippen molar-refractivity contribution in [3.63, 3.8) is 0 Å². The molecule has 0 spiro atoms. The zero-order valence-corrected chi connectivity index (χ0v) is 14.1. The van der Waals surface area contributed by atoms with Crippen LogP contribution in [0.1, 0.15) is 41.1 Å². The van der Waals surface area contributed by atoms with Gasteiger partial charge in [-0.2, -0.15) is 0 Å². The molecule has 0 heterocycles. The summed E-state index contributed by atoms with van der Waals surface area (Å²) < 4.78 is 27.7. The van der Waals surface area contributed by atoms with E-state index in [1.807, 2.05) is 13.0 Å². The Morgan fingerprint density at radius 3 is 2.16 bits per heavy atom. The summed E-state index contributed by atoms with van der Waals surface area (Å²) in [6.07, 6.45) is 0. The van der Waals surface area contributed by atoms with E-state index in [2.05, 4.69) is 5.32 Å². The summed E-state index contributed by atoms with van der Waals surface area (Å²) in [6.45, 7) is 4.92. The van der Waals surface area contributed by atoms with Crippen molar-refractivity contribution < 1.29 is 23.5 Å². The Morgan fingerprint density at radius 1 is 1.04 bits per heavy atom. The van der Waals surface area contributed by atoms with Crippen molar-refractivity contribution in [2.75, 3.05) is 0 Å². The first kappa shape index (κ1) is 18.6. The number of hydrogen-bond acceptors (Lipinski definition) is 2. The molecule has 2 aromatic rings. The van der Waals surface area contributed by atoms with E-state index in [4.69, 9.17) is 0 Å². The zero-order valence-electron chi connectivity index (χ0n) is 14.1. The summed E-state index contributed by atoms with van der Waals surface area (Å²) in [6, 6.07) is 7.15. The van der Waals surface area contributed by atoms with Gasteiger partial charge in [-0.3, -0.25) is 4.79 Å². The van der Waals surface area contributed by atoms with Crippen LogP contribution < -0.4 is 5.32 Å². The summed E-state index contributed by atoms with van der Waals surface area (Å²) in [7, 11) is 0. The van der Waals surface area contributed by atoms with Crippen molar-refractivity contribution >= 4 is 11.9 Å². The lowest BCUT2D eigenvalue weighted by Gasteiger charge is -2.21. The second kappa shape index (κ2) is 7.42. The van der Waals surface area contributed by atoms with E-state index in [1.54, 1.807) is 19.1 Å². The number of benzene rings is 2. The van der Waals surface area contributed by atoms with E-state index < -0.39 is 35.5 Å². The molecule has 4 nitrogen and oxygen atoms in total. The van der Waals surface area contributed by atoms with Crippen molar-refractivity contribution in [3.8, 4) is 0 Å². The third-order valence-corrected chi connectivity index (χ3v) is 4.32. The molecule has 2 rings (SSSR count). The first-order valence-electron chi connectivity index (χ1n) is 7.77. The van der Waals surface area contributed by atoms with Crippen LogP contribution in [0.3, 0.4) is 0 Å². The number of carbonyl (C=O) groups is 2. The van der Waals surface area contributed by atoms with Gasteiger partial charge in [0.1, 0.15) is 11.6 Å². The van der Waals surface area contributed by atoms with Gasteiger partial charge in [0.25, 0.3) is 0 Å². The van der Waals surface area contributed by atoms with Gasteiger partial charge in [0.2, 0.25) is 5.91 Å². The molecule has 1 amide bonds. The van der Waals surface area contributed by atoms with E-state index in [-0.39, 0.29) is 5.56 Å². The number of aliphatic carboxylic acids is 1. The van der Waals surface area contributed by atoms with Crippen LogP contribution in [0.15, 0.2) is 36.4 Å². The second-order valence-corrected chi connectivity index (χ2v) is 5.93. The minimum Gasteiger partial charge on any atom is -0.479 e. The largest absolute Gasteiger partial charge is 0.479 e. The molecule has 0 fully saturated rings. The highest BCUT2D eigenvalue weighted by atomic mass is 19.1. The molecule has 0 aliphatic heterocycles. The molecule has 0 aromatic heterocycles. The Morgan fingerprint density at radius 2 is 1.60 bits per heavy atom. The fraction of sp³-hybridized carbons (Fsp3) is 0.263. The van der Waals surface area contributed by atoms with Crippen LogP contribution in [0.25, 0.3) is 0 Å². The molecule has 2 aromatic carbocycles. The monoisotopic (exact) mass is 347 g/mol. The summed E-state index contributed by atoms with van der Waals surface area (Å²) in [5.74, 6) is -4.88. The van der Waals surface area contributed by atoms with E-state index in [9.17, 15) is 23.5 Å². The molecule has 25 heavy (non-hydrogen) atoms. The first-order valence-corrected chi connectivity index (χ1v) is 7.77. The number of rotatable bonds is 5. The van der Waals surface area contributed by atoms with Gasteiger partial charge in [0.15, 0.2) is 6.04 Å². The van der Waals surface area contributed by atoms with Crippen LogP contribution in [0.5, 0.6) is 0 Å². The quantitative estimate of drug-likeness (QED) is 0.868. The van der Waals surface area contributed by atoms with E-state index in [1.165, 1.54) is 13.0 Å². The standard InChI is InChI=1S/C19H19F2NO3/c1-10-6-4-7-13(11(10)2)17(19(24)25)22-18(23)12(3)16-14(20)8-5-9-15(16)21/h4-9,12,17H,1-3H3,(H,22,23)(H,24,25). The average Bonchev–Trinajstić information content (AvgIpc) is 2.54. The van der Waals surface area contributed by atoms with Gasteiger partial charge in [0.05, 0.1) is 5.92 Å². The van der Waals surface area contributed by atoms with Gasteiger partial charge in [-0.25, -0.2) is 13.6 Å². The van der Waals surface area contributed by atoms with E-state index in [0.29, 0.717) is 5.56 Å². The Labute approximate surface area is 144 Å². The van der Waals surface area contributed by atoms with Crippen molar-refractivity contribution in [2.24, 2.45) is 0 Å². The number of amides is 1. The number of aryl methyl sites for hydroxylation is 1. The Kier molecular flexibility index (Phi) is 5.51. The molecule has 0 bridgehead atoms. The van der Waals surface area contributed by atoms with Gasteiger partial charge in [-0.05, 0) is 49.6 Å². The Balaban J connectivity index is 2.32. The van der Waals surface area contributed by atoms with Crippen LogP contribution in [0.2, 0.25) is 0 Å². The highest BCUT2D eigenvalue weighted by molar-refractivity contribution is 5.88. The third kappa shape index (κ3) is 3.84. The fourth-order valence-electron chi connectivity index (χ4n) is 2.68. The number of carboxylic acid groups (broad SMARTS) is 1. The lowest BCUT2D eigenvalue weighted by atomic mass is 9.95. The van der Waals surface area contributed by atoms with Crippen LogP contribution in [0.4, 0.5) is 8.78 Å². The predicted molar refractivity (Wildman–Crippen MR) is 89.2 cm³/mol. The Bertz CT molecular complexity index is 800. The number of hydrogen-bond donors (Lipinski definition) is 2. The van der Waals surface area contributed by atoms with Crippen LogP contribution in [-0.2, 0) is 9.59 Å². The van der Waals surface area contributed by atoms with Crippen molar-refractivity contribution in [3.05, 3.63) is 70.3 Å². The number of nitrogens with one attached hydrogen (secondary N) is 1. The zero-order chi connectivity index (χ0) is 18.7. The molecule has 0 saturated heterocycles. The van der Waals surface area contributed by atoms with E-state index >= 15 is 0 Å². The highest BCUT2D eigenvalue weighted by Crippen LogP contribution is 2.25. The molecule has 0 aliphatic rings. The number of carbonyl (C=O) groups excluding carboxylic acids is 1. The maximum atomic E-state index is 13.9. The van der Waals surface area contributed by atoms with Gasteiger partial charge in [0, 0.05) is 5.56 Å². The first-order chi connectivity index (χ1) is 11.7. The molecule has 6 heteroatoms. The molecule has 2 N–H and O–H groups in total. The van der Waals surface area contributed by atoms with Gasteiger partial charge < -0.3 is 10.4 Å². The normalized spacial score (nSPS) is 13.2. The molecule has 0 saturated carbocycles. The molecule has 0 radical (unpaired) electrons. The van der Waals surface area contributed by atoms with Gasteiger partial charge in [-0.15, -0.1) is 0 Å². The van der Waals surface area contributed by atoms with Gasteiger partial charge >= 0.3 is 5.97 Å². The third-order valence-electron chi connectivity index (χ3n) is 4.32. The average molecular weight is 347 g/mol. The number of carboxylic acids is 1. The van der Waals surface area contributed by atoms with Crippen molar-refractivity contribution in [2.45, 2.75) is 32.7 Å². The maximum Gasteiger partial charge on any atom is 0.330 e. The molecule has 132 valence electrons. The lowest BCUT2D eigenvalue weighted by molar-refractivity contribution is -0.142. The molecular formula is C19H19F2NO3. The lowest BCUT2D eigenvalue weighted by Crippen LogP contribution is -2.37. The Hall–Kier alpha value is -2.76. The summed E-state index contributed by atoms with van der Waals surface area (Å²) in [5.41, 5.74) is 1.67. The summed E-state index contributed by atoms with van der Waals surface area (Å²) in [5, 5.41) is 11.9. The second-order valence-electron chi connectivity index (χ2n) is 5.93. The SMILES string of the molecule is Cc1cccc(C(NC(=O)C(C)c2c(F)cccc2F)C(=O)O)c1C. The van der Waals surface area contributed by atoms with E-state index in [0.717, 1.165) is 23.3 Å². The topological polar surface area (TPSA) is 66.4 Å². The molecule has 2 atom stereocenters. The van der Waals surface area contributed by atoms with Crippen LogP contribution in [0, 0.1) is 25.5 Å². The van der Waals surface area contributed by atoms with Crippen molar-refractivity contribution in [1.82, 2.24) is 5.32 Å². The number of halogens is 2. The minimum atomic E-state index is -1.30. The van der Waals surface area contributed by atoms with Crippen molar-refractivity contribution in [1.29, 1.82) is 0 Å².